The largest absolute Gasteiger partial charge is 0.383 e. The highest BCUT2D eigenvalue weighted by Gasteiger charge is 2.10. The molecule has 1 rings (SSSR count). The van der Waals surface area contributed by atoms with Crippen LogP contribution in [-0.2, 0) is 6.54 Å². The van der Waals surface area contributed by atoms with Crippen LogP contribution in [0.2, 0.25) is 0 Å². The molecule has 0 bridgehead atoms. The Kier molecular flexibility index (Phi) is 12.1. The highest BCUT2D eigenvalue weighted by molar-refractivity contribution is 5.85. The molecule has 0 amide bonds. The van der Waals surface area contributed by atoms with E-state index in [1.54, 1.807) is 0 Å². The van der Waals surface area contributed by atoms with Crippen molar-refractivity contribution in [1.82, 2.24) is 4.98 Å². The lowest BCUT2D eigenvalue weighted by Crippen LogP contribution is -2.21. The molecule has 6 heteroatoms. The third kappa shape index (κ3) is 5.85. The van der Waals surface area contributed by atoms with Crippen LogP contribution in [-0.4, -0.2) is 25.1 Å². The molecule has 4 nitrogen and oxygen atoms in total. The van der Waals surface area contributed by atoms with Crippen molar-refractivity contribution in [3.05, 3.63) is 18.0 Å². The zero-order valence-electron chi connectivity index (χ0n) is 12.0. The lowest BCUT2D eigenvalue weighted by molar-refractivity contribution is 0.839. The molecule has 0 saturated carbocycles. The van der Waals surface area contributed by atoms with Gasteiger partial charge < -0.3 is 16.0 Å². The molecule has 112 valence electrons. The Hall–Kier alpha value is -0.710. The van der Waals surface area contributed by atoms with Gasteiger partial charge in [-0.2, -0.15) is 0 Å². The molecule has 19 heavy (non-hydrogen) atoms. The number of halogens is 2. The number of aromatic nitrogens is 1. The van der Waals surface area contributed by atoms with Crippen LogP contribution >= 0.6 is 24.8 Å². The molecule has 1 heterocycles. The first kappa shape index (κ1) is 20.6. The van der Waals surface area contributed by atoms with E-state index in [1.807, 2.05) is 12.4 Å². The van der Waals surface area contributed by atoms with Crippen LogP contribution in [0.3, 0.4) is 0 Å². The van der Waals surface area contributed by atoms with Crippen LogP contribution in [0, 0.1) is 0 Å². The van der Waals surface area contributed by atoms with Gasteiger partial charge in [0.1, 0.15) is 0 Å². The predicted octanol–water partition coefficient (Wildman–Crippen LogP) is 3.05. The molecule has 0 atom stereocenters. The Bertz CT molecular complexity index is 347. The van der Waals surface area contributed by atoms with Crippen LogP contribution in [0.15, 0.2) is 12.4 Å². The molecule has 1 aromatic rings. The van der Waals surface area contributed by atoms with E-state index in [0.29, 0.717) is 6.54 Å². The highest BCUT2D eigenvalue weighted by atomic mass is 35.5. The first-order chi connectivity index (χ1) is 8.24. The smallest absolute Gasteiger partial charge is 0.0616 e. The summed E-state index contributed by atoms with van der Waals surface area (Å²) in [5.74, 6) is 0. The van der Waals surface area contributed by atoms with Crippen LogP contribution in [0.4, 0.5) is 11.4 Å². The van der Waals surface area contributed by atoms with Gasteiger partial charge in [-0.25, -0.2) is 0 Å². The minimum atomic E-state index is 0. The van der Waals surface area contributed by atoms with E-state index in [2.05, 4.69) is 36.1 Å². The number of nitrogens with zero attached hydrogens (tertiary/aromatic N) is 2. The van der Waals surface area contributed by atoms with Crippen LogP contribution in [0.25, 0.3) is 0 Å². The molecular weight excluding hydrogens is 283 g/mol. The van der Waals surface area contributed by atoms with Gasteiger partial charge in [0.15, 0.2) is 0 Å². The number of hydrogen-bond acceptors (Lipinski definition) is 4. The Morgan fingerprint density at radius 2 is 1.89 bits per heavy atom. The van der Waals surface area contributed by atoms with Gasteiger partial charge in [0.05, 0.1) is 23.8 Å². The van der Waals surface area contributed by atoms with Crippen molar-refractivity contribution in [1.29, 1.82) is 0 Å². The summed E-state index contributed by atoms with van der Waals surface area (Å²) in [6.07, 6.45) is 5.97. The van der Waals surface area contributed by atoms with Gasteiger partial charge in [0, 0.05) is 32.2 Å². The van der Waals surface area contributed by atoms with E-state index in [0.717, 1.165) is 42.9 Å². The maximum atomic E-state index is 5.86. The van der Waals surface area contributed by atoms with Gasteiger partial charge in [0.2, 0.25) is 0 Å². The zero-order chi connectivity index (χ0) is 12.7. The quantitative estimate of drug-likeness (QED) is 0.813. The Labute approximate surface area is 129 Å². The SMILES string of the molecule is CCCNc1cncc(N(C)CCC)c1CN.Cl.Cl. The summed E-state index contributed by atoms with van der Waals surface area (Å²) >= 11 is 0. The van der Waals surface area contributed by atoms with Crippen molar-refractivity contribution in [3.63, 3.8) is 0 Å². The number of pyridine rings is 1. The summed E-state index contributed by atoms with van der Waals surface area (Å²) in [7, 11) is 2.09. The molecule has 0 aliphatic heterocycles. The molecule has 0 aliphatic rings. The van der Waals surface area contributed by atoms with Gasteiger partial charge in [-0.3, -0.25) is 4.98 Å². The minimum Gasteiger partial charge on any atom is -0.383 e. The van der Waals surface area contributed by atoms with Crippen molar-refractivity contribution in [2.24, 2.45) is 5.73 Å². The van der Waals surface area contributed by atoms with Crippen molar-refractivity contribution in [3.8, 4) is 0 Å². The van der Waals surface area contributed by atoms with E-state index in [9.17, 15) is 0 Å². The Morgan fingerprint density at radius 1 is 1.21 bits per heavy atom. The average molecular weight is 309 g/mol. The van der Waals surface area contributed by atoms with Crippen molar-refractivity contribution in [2.45, 2.75) is 33.2 Å². The zero-order valence-corrected chi connectivity index (χ0v) is 13.6. The Balaban J connectivity index is 0. The monoisotopic (exact) mass is 308 g/mol. The van der Waals surface area contributed by atoms with Crippen molar-refractivity contribution >= 4 is 36.2 Å². The fourth-order valence-electron chi connectivity index (χ4n) is 1.89. The fraction of sp³-hybridized carbons (Fsp3) is 0.615. The standard InChI is InChI=1S/C13H24N4.2ClH/c1-4-6-16-12-9-15-10-13(11(12)8-14)17(3)7-5-2;;/h9-10,16H,4-8,14H2,1-3H3;2*1H. The van der Waals surface area contributed by atoms with Crippen molar-refractivity contribution < 1.29 is 0 Å². The van der Waals surface area contributed by atoms with Gasteiger partial charge in [-0.05, 0) is 12.8 Å². The number of nitrogens with one attached hydrogen (secondary N) is 1. The van der Waals surface area contributed by atoms with Crippen LogP contribution in [0.1, 0.15) is 32.3 Å². The molecule has 0 fully saturated rings. The van der Waals surface area contributed by atoms with Gasteiger partial charge in [-0.1, -0.05) is 13.8 Å². The van der Waals surface area contributed by atoms with Gasteiger partial charge in [-0.15, -0.1) is 24.8 Å². The van der Waals surface area contributed by atoms with E-state index < -0.39 is 0 Å². The number of rotatable bonds is 7. The maximum Gasteiger partial charge on any atom is 0.0616 e. The molecule has 0 spiro atoms. The molecule has 0 saturated heterocycles. The summed E-state index contributed by atoms with van der Waals surface area (Å²) in [4.78, 5) is 6.50. The van der Waals surface area contributed by atoms with E-state index in [1.165, 1.54) is 0 Å². The molecule has 0 aliphatic carbocycles. The maximum absolute atomic E-state index is 5.86. The highest BCUT2D eigenvalue weighted by Crippen LogP contribution is 2.25. The average Bonchev–Trinajstić information content (AvgIpc) is 2.36. The van der Waals surface area contributed by atoms with E-state index in [-0.39, 0.29) is 24.8 Å². The van der Waals surface area contributed by atoms with Gasteiger partial charge in [0.25, 0.3) is 0 Å². The summed E-state index contributed by atoms with van der Waals surface area (Å²) in [6, 6.07) is 0. The second-order valence-corrected chi connectivity index (χ2v) is 4.24. The molecular formula is C13H26Cl2N4. The number of hydrogen-bond donors (Lipinski definition) is 2. The number of anilines is 2. The molecule has 0 aromatic carbocycles. The summed E-state index contributed by atoms with van der Waals surface area (Å²) in [5.41, 5.74) is 9.22. The van der Waals surface area contributed by atoms with Crippen molar-refractivity contribution in [2.75, 3.05) is 30.4 Å². The van der Waals surface area contributed by atoms with Crippen LogP contribution in [0.5, 0.6) is 0 Å². The number of nitrogens with two attached hydrogens (primary N) is 1. The summed E-state index contributed by atoms with van der Waals surface area (Å²) < 4.78 is 0. The lowest BCUT2D eigenvalue weighted by atomic mass is 10.1. The van der Waals surface area contributed by atoms with E-state index in [4.69, 9.17) is 5.73 Å². The predicted molar refractivity (Wildman–Crippen MR) is 89.0 cm³/mol. The third-order valence-electron chi connectivity index (χ3n) is 2.77. The van der Waals surface area contributed by atoms with Gasteiger partial charge >= 0.3 is 0 Å². The van der Waals surface area contributed by atoms with Crippen LogP contribution < -0.4 is 16.0 Å². The molecule has 1 aromatic heterocycles. The Morgan fingerprint density at radius 3 is 2.42 bits per heavy atom. The second-order valence-electron chi connectivity index (χ2n) is 4.24. The first-order valence-electron chi connectivity index (χ1n) is 6.36. The topological polar surface area (TPSA) is 54.2 Å². The second kappa shape index (κ2) is 11.1. The molecule has 3 N–H and O–H groups in total. The molecule has 0 unspecified atom stereocenters. The third-order valence-corrected chi connectivity index (χ3v) is 2.77. The lowest BCUT2D eigenvalue weighted by Gasteiger charge is -2.23. The normalized spacial score (nSPS) is 9.26. The fourth-order valence-corrected chi connectivity index (χ4v) is 1.89. The first-order valence-corrected chi connectivity index (χ1v) is 6.36. The van der Waals surface area contributed by atoms with E-state index >= 15 is 0 Å². The summed E-state index contributed by atoms with van der Waals surface area (Å²) in [5, 5.41) is 3.38. The molecule has 0 radical (unpaired) electrons. The minimum absolute atomic E-state index is 0. The summed E-state index contributed by atoms with van der Waals surface area (Å²) in [6.45, 7) is 6.83.